The van der Waals surface area contributed by atoms with Crippen LogP contribution in [0.4, 0.5) is 0 Å². The van der Waals surface area contributed by atoms with Crippen molar-refractivity contribution in [2.75, 3.05) is 0 Å². The summed E-state index contributed by atoms with van der Waals surface area (Å²) in [4.78, 5) is 11.3. The van der Waals surface area contributed by atoms with Crippen molar-refractivity contribution in [3.05, 3.63) is 0 Å². The summed E-state index contributed by atoms with van der Waals surface area (Å²) in [6, 6.07) is 0. The molecule has 0 radical (unpaired) electrons. The first-order valence-electron chi connectivity index (χ1n) is 5.32. The zero-order valence-corrected chi connectivity index (χ0v) is 9.99. The first-order valence-corrected chi connectivity index (χ1v) is 5.32. The zero-order chi connectivity index (χ0) is 12.1. The van der Waals surface area contributed by atoms with Crippen LogP contribution in [0.25, 0.3) is 0 Å². The van der Waals surface area contributed by atoms with Gasteiger partial charge in [-0.1, -0.05) is 6.92 Å². The molecule has 0 aliphatic rings. The third kappa shape index (κ3) is 8.39. The van der Waals surface area contributed by atoms with Gasteiger partial charge in [-0.25, -0.2) is 0 Å². The zero-order valence-electron chi connectivity index (χ0n) is 9.99. The van der Waals surface area contributed by atoms with Crippen molar-refractivity contribution in [1.82, 2.24) is 0 Å². The van der Waals surface area contributed by atoms with Crippen LogP contribution in [0.15, 0.2) is 0 Å². The molecule has 0 amide bonds. The van der Waals surface area contributed by atoms with Crippen molar-refractivity contribution < 1.29 is 19.7 Å². The molecule has 0 aromatic rings. The Bertz CT molecular complexity index is 195. The Morgan fingerprint density at radius 2 is 1.80 bits per heavy atom. The van der Waals surface area contributed by atoms with E-state index in [2.05, 4.69) is 0 Å². The molecule has 4 heteroatoms. The Hall–Kier alpha value is -0.610. The van der Waals surface area contributed by atoms with Crippen LogP contribution in [0, 0.1) is 0 Å². The molecule has 0 aromatic heterocycles. The molecular weight excluding hydrogens is 196 g/mol. The maximum absolute atomic E-state index is 11.3. The number of aliphatic hydroxyl groups is 2. The lowest BCUT2D eigenvalue weighted by molar-refractivity contribution is -0.157. The van der Waals surface area contributed by atoms with Crippen molar-refractivity contribution in [1.29, 1.82) is 0 Å². The van der Waals surface area contributed by atoms with Crippen molar-refractivity contribution in [2.45, 2.75) is 64.8 Å². The van der Waals surface area contributed by atoms with Gasteiger partial charge >= 0.3 is 5.97 Å². The number of hydrogen-bond acceptors (Lipinski definition) is 4. The van der Waals surface area contributed by atoms with E-state index in [1.807, 2.05) is 6.92 Å². The lowest BCUT2D eigenvalue weighted by Gasteiger charge is -2.21. The van der Waals surface area contributed by atoms with Crippen LogP contribution in [-0.4, -0.2) is 34.0 Å². The number of carbonyl (C=O) groups excluding carboxylic acids is 1. The van der Waals surface area contributed by atoms with E-state index < -0.39 is 23.8 Å². The minimum absolute atomic E-state index is 0.0612. The lowest BCUT2D eigenvalue weighted by Crippen LogP contribution is -2.27. The maximum atomic E-state index is 11.3. The van der Waals surface area contributed by atoms with Gasteiger partial charge in [0.1, 0.15) is 5.60 Å². The Morgan fingerprint density at radius 1 is 1.27 bits per heavy atom. The number of carbonyl (C=O) groups is 1. The number of ether oxygens (including phenoxy) is 1. The average Bonchev–Trinajstić information content (AvgIpc) is 1.99. The Kier molecular flexibility index (Phi) is 5.83. The van der Waals surface area contributed by atoms with Crippen LogP contribution >= 0.6 is 0 Å². The van der Waals surface area contributed by atoms with Crippen LogP contribution in [0.2, 0.25) is 0 Å². The largest absolute Gasteiger partial charge is 0.460 e. The Balaban J connectivity index is 3.87. The maximum Gasteiger partial charge on any atom is 0.308 e. The van der Waals surface area contributed by atoms with Crippen molar-refractivity contribution in [3.8, 4) is 0 Å². The van der Waals surface area contributed by atoms with E-state index in [0.29, 0.717) is 6.42 Å². The van der Waals surface area contributed by atoms with Crippen LogP contribution in [0.1, 0.15) is 47.0 Å². The van der Waals surface area contributed by atoms with Crippen LogP contribution < -0.4 is 0 Å². The van der Waals surface area contributed by atoms with E-state index in [0.717, 1.165) is 0 Å². The number of hydrogen-bond donors (Lipinski definition) is 2. The van der Waals surface area contributed by atoms with E-state index in [9.17, 15) is 15.0 Å². The topological polar surface area (TPSA) is 66.8 Å². The molecule has 0 saturated carbocycles. The van der Waals surface area contributed by atoms with E-state index in [-0.39, 0.29) is 12.8 Å². The molecule has 15 heavy (non-hydrogen) atoms. The Labute approximate surface area is 91.3 Å². The van der Waals surface area contributed by atoms with E-state index in [1.54, 1.807) is 20.8 Å². The third-order valence-corrected chi connectivity index (χ3v) is 1.84. The summed E-state index contributed by atoms with van der Waals surface area (Å²) >= 11 is 0. The fourth-order valence-corrected chi connectivity index (χ4v) is 1.14. The Morgan fingerprint density at radius 3 is 2.20 bits per heavy atom. The molecule has 0 spiro atoms. The monoisotopic (exact) mass is 218 g/mol. The quantitative estimate of drug-likeness (QED) is 0.681. The van der Waals surface area contributed by atoms with Crippen LogP contribution in [0.5, 0.6) is 0 Å². The van der Waals surface area contributed by atoms with Crippen LogP contribution in [0.3, 0.4) is 0 Å². The van der Waals surface area contributed by atoms with Gasteiger partial charge in [0.15, 0.2) is 0 Å². The molecular formula is C11H22O4. The minimum atomic E-state index is -0.824. The van der Waals surface area contributed by atoms with Gasteiger partial charge in [-0.3, -0.25) is 4.79 Å². The van der Waals surface area contributed by atoms with Gasteiger partial charge in [0.2, 0.25) is 0 Å². The van der Waals surface area contributed by atoms with Crippen molar-refractivity contribution in [2.24, 2.45) is 0 Å². The molecule has 0 aliphatic heterocycles. The molecule has 2 atom stereocenters. The van der Waals surface area contributed by atoms with Crippen molar-refractivity contribution in [3.63, 3.8) is 0 Å². The summed E-state index contributed by atoms with van der Waals surface area (Å²) in [5.74, 6) is -0.432. The molecule has 4 nitrogen and oxygen atoms in total. The number of esters is 1. The lowest BCUT2D eigenvalue weighted by atomic mass is 10.1. The summed E-state index contributed by atoms with van der Waals surface area (Å²) in [7, 11) is 0. The third-order valence-electron chi connectivity index (χ3n) is 1.84. The second-order valence-corrected chi connectivity index (χ2v) is 4.74. The van der Waals surface area contributed by atoms with Crippen LogP contribution in [-0.2, 0) is 9.53 Å². The van der Waals surface area contributed by atoms with Gasteiger partial charge in [0.25, 0.3) is 0 Å². The first kappa shape index (κ1) is 14.4. The fourth-order valence-electron chi connectivity index (χ4n) is 1.14. The van der Waals surface area contributed by atoms with Gasteiger partial charge in [-0.05, 0) is 33.6 Å². The van der Waals surface area contributed by atoms with E-state index >= 15 is 0 Å². The normalized spacial score (nSPS) is 15.9. The summed E-state index contributed by atoms with van der Waals surface area (Å²) in [6.45, 7) is 7.15. The number of rotatable bonds is 5. The fraction of sp³-hybridized carbons (Fsp3) is 0.909. The predicted octanol–water partition coefficient (Wildman–Crippen LogP) is 1.24. The molecule has 0 heterocycles. The second kappa shape index (κ2) is 6.08. The first-order chi connectivity index (χ1) is 6.74. The second-order valence-electron chi connectivity index (χ2n) is 4.74. The predicted molar refractivity (Wildman–Crippen MR) is 57.4 cm³/mol. The highest BCUT2D eigenvalue weighted by Gasteiger charge is 2.20. The van der Waals surface area contributed by atoms with Crippen molar-refractivity contribution >= 4 is 5.97 Å². The van der Waals surface area contributed by atoms with Gasteiger partial charge in [-0.15, -0.1) is 0 Å². The highest BCUT2D eigenvalue weighted by molar-refractivity contribution is 5.70. The number of aliphatic hydroxyl groups excluding tert-OH is 2. The highest BCUT2D eigenvalue weighted by Crippen LogP contribution is 2.11. The molecule has 0 rings (SSSR count). The molecule has 0 fully saturated rings. The van der Waals surface area contributed by atoms with Gasteiger partial charge in [0.05, 0.1) is 18.6 Å². The van der Waals surface area contributed by atoms with E-state index in [4.69, 9.17) is 4.74 Å². The minimum Gasteiger partial charge on any atom is -0.460 e. The molecule has 0 bridgehead atoms. The summed E-state index contributed by atoms with van der Waals surface area (Å²) in [6.07, 6.45) is -0.646. The van der Waals surface area contributed by atoms with Gasteiger partial charge in [0, 0.05) is 0 Å². The highest BCUT2D eigenvalue weighted by atomic mass is 16.6. The van der Waals surface area contributed by atoms with Gasteiger partial charge < -0.3 is 14.9 Å². The molecule has 0 aliphatic carbocycles. The SMILES string of the molecule is CCC(O)CC(O)CC(=O)OC(C)(C)C. The standard InChI is InChI=1S/C11H22O4/c1-5-8(12)6-9(13)7-10(14)15-11(2,3)4/h8-9,12-13H,5-7H2,1-4H3. The molecule has 90 valence electrons. The summed E-state index contributed by atoms with van der Waals surface area (Å²) < 4.78 is 5.04. The molecule has 0 aromatic carbocycles. The average molecular weight is 218 g/mol. The molecule has 2 N–H and O–H groups in total. The summed E-state index contributed by atoms with van der Waals surface area (Å²) in [5.41, 5.74) is -0.528. The summed E-state index contributed by atoms with van der Waals surface area (Å²) in [5, 5.41) is 18.7. The smallest absolute Gasteiger partial charge is 0.308 e. The van der Waals surface area contributed by atoms with E-state index in [1.165, 1.54) is 0 Å². The molecule has 2 unspecified atom stereocenters. The molecule has 0 saturated heterocycles. The van der Waals surface area contributed by atoms with Gasteiger partial charge in [-0.2, -0.15) is 0 Å².